The van der Waals surface area contributed by atoms with Gasteiger partial charge in [-0.2, -0.15) is 5.26 Å². The van der Waals surface area contributed by atoms with Crippen molar-refractivity contribution in [3.63, 3.8) is 0 Å². The Kier molecular flexibility index (Phi) is 4.15. The number of carbonyl (C=O) groups is 2. The van der Waals surface area contributed by atoms with Crippen LogP contribution in [0.1, 0.15) is 31.2 Å². The molecule has 2 heterocycles. The van der Waals surface area contributed by atoms with Gasteiger partial charge in [0, 0.05) is 21.6 Å². The SMILES string of the molecule is N#Cc1ccc(-c2nc3sc(C=C4C(=O)c5cc6ccccc6cc5C4=O)cc3s2)cc1. The van der Waals surface area contributed by atoms with Gasteiger partial charge in [0.05, 0.1) is 21.9 Å². The average Bonchev–Trinajstić information content (AvgIpc) is 3.45. The van der Waals surface area contributed by atoms with E-state index in [2.05, 4.69) is 6.07 Å². The zero-order valence-electron chi connectivity index (χ0n) is 16.5. The van der Waals surface area contributed by atoms with Crippen molar-refractivity contribution >= 4 is 60.6 Å². The van der Waals surface area contributed by atoms with Gasteiger partial charge >= 0.3 is 0 Å². The molecule has 0 amide bonds. The van der Waals surface area contributed by atoms with Crippen LogP contribution in [0.5, 0.6) is 0 Å². The molecule has 4 nitrogen and oxygen atoms in total. The van der Waals surface area contributed by atoms with Gasteiger partial charge in [-0.25, -0.2) is 4.98 Å². The summed E-state index contributed by atoms with van der Waals surface area (Å²) in [4.78, 5) is 32.4. The molecule has 6 heteroatoms. The molecule has 0 aliphatic heterocycles. The molecule has 0 bridgehead atoms. The lowest BCUT2D eigenvalue weighted by molar-refractivity contribution is 0.0990. The molecule has 0 N–H and O–H groups in total. The fraction of sp³-hybridized carbons (Fsp3) is 0. The third-order valence-electron chi connectivity index (χ3n) is 5.52. The van der Waals surface area contributed by atoms with Gasteiger partial charge in [0.2, 0.25) is 0 Å². The topological polar surface area (TPSA) is 70.8 Å². The van der Waals surface area contributed by atoms with E-state index in [1.54, 1.807) is 29.5 Å². The molecule has 2 aromatic heterocycles. The molecular formula is C26H12N2O2S2. The van der Waals surface area contributed by atoms with Gasteiger partial charge in [0.15, 0.2) is 11.6 Å². The Labute approximate surface area is 190 Å². The van der Waals surface area contributed by atoms with Crippen LogP contribution in [0, 0.1) is 11.3 Å². The summed E-state index contributed by atoms with van der Waals surface area (Å²) in [6.07, 6.45) is 1.69. The summed E-state index contributed by atoms with van der Waals surface area (Å²) in [5, 5.41) is 11.7. The molecule has 0 saturated heterocycles. The van der Waals surface area contributed by atoms with Crippen molar-refractivity contribution in [1.82, 2.24) is 4.98 Å². The number of Topliss-reactive ketones (excluding diaryl/α,β-unsaturated/α-hetero) is 2. The van der Waals surface area contributed by atoms with E-state index in [-0.39, 0.29) is 17.1 Å². The van der Waals surface area contributed by atoms with Gasteiger partial charge < -0.3 is 0 Å². The molecule has 32 heavy (non-hydrogen) atoms. The third kappa shape index (κ3) is 2.91. The number of benzene rings is 3. The predicted molar refractivity (Wildman–Crippen MR) is 128 cm³/mol. The highest BCUT2D eigenvalue weighted by Crippen LogP contribution is 2.37. The lowest BCUT2D eigenvalue weighted by atomic mass is 10.0. The Morgan fingerprint density at radius 1 is 0.844 bits per heavy atom. The van der Waals surface area contributed by atoms with Crippen LogP contribution >= 0.6 is 22.7 Å². The lowest BCUT2D eigenvalue weighted by Gasteiger charge is -2.00. The van der Waals surface area contributed by atoms with E-state index >= 15 is 0 Å². The highest BCUT2D eigenvalue weighted by molar-refractivity contribution is 7.29. The van der Waals surface area contributed by atoms with Crippen molar-refractivity contribution in [1.29, 1.82) is 5.26 Å². The number of thiazole rings is 1. The van der Waals surface area contributed by atoms with E-state index in [4.69, 9.17) is 10.2 Å². The van der Waals surface area contributed by atoms with Crippen molar-refractivity contribution in [2.75, 3.05) is 0 Å². The number of carbonyl (C=O) groups excluding carboxylic acids is 2. The maximum Gasteiger partial charge on any atom is 0.197 e. The first-order valence-corrected chi connectivity index (χ1v) is 11.5. The number of hydrogen-bond donors (Lipinski definition) is 0. The fourth-order valence-corrected chi connectivity index (χ4v) is 6.09. The largest absolute Gasteiger partial charge is 0.288 e. The second-order valence-electron chi connectivity index (χ2n) is 7.49. The molecule has 0 saturated carbocycles. The van der Waals surface area contributed by atoms with Gasteiger partial charge in [-0.05, 0) is 47.2 Å². The molecule has 0 spiro atoms. The summed E-state index contributed by atoms with van der Waals surface area (Å²) in [7, 11) is 0. The van der Waals surface area contributed by atoms with Crippen LogP contribution in [0.15, 0.2) is 72.3 Å². The maximum absolute atomic E-state index is 13.0. The van der Waals surface area contributed by atoms with Crippen molar-refractivity contribution in [3.8, 4) is 16.6 Å². The van der Waals surface area contributed by atoms with Crippen LogP contribution in [-0.4, -0.2) is 16.6 Å². The Balaban J connectivity index is 1.36. The van der Waals surface area contributed by atoms with E-state index in [1.165, 1.54) is 11.3 Å². The van der Waals surface area contributed by atoms with Crippen molar-refractivity contribution < 1.29 is 9.59 Å². The monoisotopic (exact) mass is 448 g/mol. The summed E-state index contributed by atoms with van der Waals surface area (Å²) in [6, 6.07) is 22.8. The molecule has 0 atom stereocenters. The van der Waals surface area contributed by atoms with E-state index in [0.717, 1.165) is 35.8 Å². The van der Waals surface area contributed by atoms with Crippen LogP contribution in [-0.2, 0) is 0 Å². The minimum atomic E-state index is -0.223. The zero-order valence-corrected chi connectivity index (χ0v) is 18.1. The van der Waals surface area contributed by atoms with Gasteiger partial charge in [0.25, 0.3) is 0 Å². The molecule has 3 aromatic carbocycles. The minimum Gasteiger partial charge on any atom is -0.288 e. The molecular weight excluding hydrogens is 436 g/mol. The quantitative estimate of drug-likeness (QED) is 0.228. The van der Waals surface area contributed by atoms with E-state index in [0.29, 0.717) is 16.7 Å². The first kappa shape index (κ1) is 18.8. The first-order chi connectivity index (χ1) is 15.6. The fourth-order valence-electron chi connectivity index (χ4n) is 3.92. The number of fused-ring (bicyclic) bond motifs is 3. The Morgan fingerprint density at radius 3 is 2.09 bits per heavy atom. The highest BCUT2D eigenvalue weighted by atomic mass is 32.1. The molecule has 1 aliphatic carbocycles. The van der Waals surface area contributed by atoms with E-state index in [1.807, 2.05) is 54.6 Å². The average molecular weight is 449 g/mol. The minimum absolute atomic E-state index is 0.205. The summed E-state index contributed by atoms with van der Waals surface area (Å²) < 4.78 is 1.00. The second-order valence-corrected chi connectivity index (χ2v) is 9.58. The molecule has 6 rings (SSSR count). The Hall–Kier alpha value is -3.92. The summed E-state index contributed by atoms with van der Waals surface area (Å²) in [5.41, 5.74) is 2.72. The third-order valence-corrected chi connectivity index (χ3v) is 7.68. The highest BCUT2D eigenvalue weighted by Gasteiger charge is 2.33. The Morgan fingerprint density at radius 2 is 1.50 bits per heavy atom. The number of nitrogens with zero attached hydrogens (tertiary/aromatic N) is 2. The normalized spacial score (nSPS) is 13.0. The smallest absolute Gasteiger partial charge is 0.197 e. The van der Waals surface area contributed by atoms with Gasteiger partial charge in [-0.1, -0.05) is 36.4 Å². The number of rotatable bonds is 2. The van der Waals surface area contributed by atoms with Crippen molar-refractivity contribution in [2.45, 2.75) is 0 Å². The van der Waals surface area contributed by atoms with Crippen molar-refractivity contribution in [3.05, 3.63) is 93.9 Å². The number of thiophene rings is 1. The number of hydrogen-bond acceptors (Lipinski definition) is 6. The second kappa shape index (κ2) is 7.06. The van der Waals surface area contributed by atoms with Gasteiger partial charge in [-0.15, -0.1) is 22.7 Å². The number of aromatic nitrogens is 1. The number of allylic oxidation sites excluding steroid dienone is 1. The van der Waals surface area contributed by atoms with Crippen molar-refractivity contribution in [2.24, 2.45) is 0 Å². The zero-order chi connectivity index (χ0) is 21.8. The summed E-state index contributed by atoms with van der Waals surface area (Å²) in [5.74, 6) is -0.447. The van der Waals surface area contributed by atoms with Gasteiger partial charge in [-0.3, -0.25) is 9.59 Å². The van der Waals surface area contributed by atoms with E-state index in [9.17, 15) is 9.59 Å². The number of ketones is 2. The van der Waals surface area contributed by atoms with Crippen LogP contribution in [0.3, 0.4) is 0 Å². The lowest BCUT2D eigenvalue weighted by Crippen LogP contribution is -1.99. The van der Waals surface area contributed by atoms with E-state index < -0.39 is 0 Å². The number of nitriles is 1. The molecule has 0 unspecified atom stereocenters. The first-order valence-electron chi connectivity index (χ1n) is 9.85. The van der Waals surface area contributed by atoms with Crippen LogP contribution in [0.2, 0.25) is 0 Å². The predicted octanol–water partition coefficient (Wildman–Crippen LogP) is 6.51. The summed E-state index contributed by atoms with van der Waals surface area (Å²) >= 11 is 3.01. The molecule has 0 fully saturated rings. The molecule has 150 valence electrons. The molecule has 1 aliphatic rings. The van der Waals surface area contributed by atoms with Crippen LogP contribution in [0.4, 0.5) is 0 Å². The van der Waals surface area contributed by atoms with Crippen LogP contribution < -0.4 is 0 Å². The van der Waals surface area contributed by atoms with Gasteiger partial charge in [0.1, 0.15) is 9.84 Å². The summed E-state index contributed by atoms with van der Waals surface area (Å²) in [6.45, 7) is 0. The molecule has 5 aromatic rings. The molecule has 0 radical (unpaired) electrons. The standard InChI is InChI=1S/C26H12N2O2S2/c27-13-14-5-7-15(8-6-14)25-28-26-22(32-25)12-18(31-26)11-21-23(29)19-9-16-3-1-2-4-17(16)10-20(19)24(21)30/h1-12H. The van der Waals surface area contributed by atoms with Crippen LogP contribution in [0.25, 0.3) is 36.9 Å². The Bertz CT molecular complexity index is 1580. The maximum atomic E-state index is 13.0.